The highest BCUT2D eigenvalue weighted by atomic mass is 16.5. The first kappa shape index (κ1) is 34.0. The van der Waals surface area contributed by atoms with Gasteiger partial charge in [0.1, 0.15) is 23.4 Å². The van der Waals surface area contributed by atoms with E-state index in [2.05, 4.69) is 0 Å². The van der Waals surface area contributed by atoms with Crippen LogP contribution in [0.1, 0.15) is 50.3 Å². The Morgan fingerprint density at radius 3 is 2.02 bits per heavy atom. The fourth-order valence-electron chi connectivity index (χ4n) is 5.03. The summed E-state index contributed by atoms with van der Waals surface area (Å²) in [5, 5.41) is 0. The number of hydrogen-bond acceptors (Lipinski definition) is 7. The average molecular weight is 615 g/mol. The summed E-state index contributed by atoms with van der Waals surface area (Å²) in [6.45, 7) is 7.91. The van der Waals surface area contributed by atoms with Gasteiger partial charge in [-0.05, 0) is 61.7 Å². The molecule has 0 aliphatic carbocycles. The number of rotatable bonds is 17. The van der Waals surface area contributed by atoms with Gasteiger partial charge in [0.2, 0.25) is 0 Å². The number of carbonyl (C=O) groups excluding carboxylic acids is 1. The predicted molar refractivity (Wildman–Crippen MR) is 175 cm³/mol. The summed E-state index contributed by atoms with van der Waals surface area (Å²) >= 11 is 0. The molecule has 1 aliphatic heterocycles. The molecule has 0 aromatic heterocycles. The number of ketones is 1. The Labute approximate surface area is 267 Å². The monoisotopic (exact) mass is 614 g/mol. The van der Waals surface area contributed by atoms with Crippen LogP contribution in [0.25, 0.3) is 0 Å². The summed E-state index contributed by atoms with van der Waals surface area (Å²) in [5.41, 5.74) is 2.69. The maximum absolute atomic E-state index is 12.9. The van der Waals surface area contributed by atoms with Gasteiger partial charge in [0, 0.05) is 24.3 Å². The Bertz CT molecular complexity index is 1380. The minimum Gasteiger partial charge on any atom is -0.497 e. The van der Waals surface area contributed by atoms with E-state index in [4.69, 9.17) is 28.4 Å². The van der Waals surface area contributed by atoms with Crippen LogP contribution in [-0.4, -0.2) is 44.9 Å². The number of carbonyl (C=O) groups is 1. The summed E-state index contributed by atoms with van der Waals surface area (Å²) in [6, 6.07) is 25.7. The molecule has 1 heterocycles. The van der Waals surface area contributed by atoms with E-state index in [-0.39, 0.29) is 24.1 Å². The molecule has 4 rings (SSSR count). The molecule has 0 fully saturated rings. The lowest BCUT2D eigenvalue weighted by Crippen LogP contribution is -2.36. The number of ether oxygens (including phenoxy) is 6. The van der Waals surface area contributed by atoms with Crippen LogP contribution in [0, 0.1) is 5.41 Å². The molecule has 0 amide bonds. The number of hydrogen-bond donors (Lipinski definition) is 0. The standard InChI is InChI=1S/C38H46O7/c1-28(43-26-29-10-7-6-8-11-29)36(44-27-31-14-18-34(41-5)19-15-31)24-35-22-32(39)23-37(45-35)38(2,3)20-9-21-42-25-30-12-16-33(40-4)17-13-30/h6-20,23,28,35-36H,21-22,24-27H2,1-5H3/t28-,35+,36?/m1/s1. The SMILES string of the molecule is COc1ccc(COCC=CC(C)(C)C2=CC(=O)C[C@@H](CC(OCc3ccc(OC)cc3)[C@@H](C)OCc3ccccc3)O2)cc1. The summed E-state index contributed by atoms with van der Waals surface area (Å²) in [5.74, 6) is 2.30. The third-order valence-corrected chi connectivity index (χ3v) is 7.82. The lowest BCUT2D eigenvalue weighted by atomic mass is 9.87. The second-order valence-electron chi connectivity index (χ2n) is 11.8. The first-order valence-corrected chi connectivity index (χ1v) is 15.5. The number of benzene rings is 3. The van der Waals surface area contributed by atoms with Gasteiger partial charge in [-0.2, -0.15) is 0 Å². The third-order valence-electron chi connectivity index (χ3n) is 7.82. The zero-order chi connectivity index (χ0) is 32.1. The van der Waals surface area contributed by atoms with Crippen molar-refractivity contribution in [1.29, 1.82) is 0 Å². The van der Waals surface area contributed by atoms with Crippen LogP contribution in [0.4, 0.5) is 0 Å². The molecule has 0 bridgehead atoms. The molecule has 3 aromatic rings. The minimum atomic E-state index is -0.493. The molecule has 0 N–H and O–H groups in total. The smallest absolute Gasteiger partial charge is 0.162 e. The number of methoxy groups -OCH3 is 2. The van der Waals surface area contributed by atoms with Crippen molar-refractivity contribution in [2.45, 2.75) is 71.7 Å². The van der Waals surface area contributed by atoms with Gasteiger partial charge < -0.3 is 28.4 Å². The van der Waals surface area contributed by atoms with E-state index in [1.807, 2.05) is 112 Å². The topological polar surface area (TPSA) is 72.5 Å². The maximum Gasteiger partial charge on any atom is 0.162 e. The molecular formula is C38H46O7. The van der Waals surface area contributed by atoms with Crippen LogP contribution >= 0.6 is 0 Å². The quantitative estimate of drug-likeness (QED) is 0.114. The van der Waals surface area contributed by atoms with E-state index < -0.39 is 5.41 Å². The van der Waals surface area contributed by atoms with Crippen LogP contribution in [0.5, 0.6) is 11.5 Å². The van der Waals surface area contributed by atoms with Gasteiger partial charge >= 0.3 is 0 Å². The zero-order valence-corrected chi connectivity index (χ0v) is 27.1. The molecule has 7 heteroatoms. The third kappa shape index (κ3) is 10.9. The molecule has 240 valence electrons. The number of allylic oxidation sites excluding steroid dienone is 2. The highest BCUT2D eigenvalue weighted by Gasteiger charge is 2.33. The molecular weight excluding hydrogens is 568 g/mol. The highest BCUT2D eigenvalue weighted by Crippen LogP contribution is 2.35. The van der Waals surface area contributed by atoms with Crippen molar-refractivity contribution in [3.8, 4) is 11.5 Å². The molecule has 1 aliphatic rings. The van der Waals surface area contributed by atoms with E-state index in [1.54, 1.807) is 20.3 Å². The molecule has 0 spiro atoms. The van der Waals surface area contributed by atoms with Crippen LogP contribution < -0.4 is 9.47 Å². The average Bonchev–Trinajstić information content (AvgIpc) is 3.06. The summed E-state index contributed by atoms with van der Waals surface area (Å²) in [4.78, 5) is 12.9. The Hall–Kier alpha value is -3.91. The second-order valence-corrected chi connectivity index (χ2v) is 11.8. The highest BCUT2D eigenvalue weighted by molar-refractivity contribution is 5.91. The van der Waals surface area contributed by atoms with E-state index in [1.165, 1.54) is 0 Å². The van der Waals surface area contributed by atoms with Crippen molar-refractivity contribution < 1.29 is 33.2 Å². The molecule has 45 heavy (non-hydrogen) atoms. The summed E-state index contributed by atoms with van der Waals surface area (Å²) in [7, 11) is 3.30. The minimum absolute atomic E-state index is 0.0465. The Kier molecular flexibility index (Phi) is 12.8. The fraction of sp³-hybridized carbons (Fsp3) is 0.395. The summed E-state index contributed by atoms with van der Waals surface area (Å²) < 4.78 is 35.5. The van der Waals surface area contributed by atoms with E-state index in [9.17, 15) is 4.79 Å². The van der Waals surface area contributed by atoms with Crippen molar-refractivity contribution >= 4 is 5.78 Å². The largest absolute Gasteiger partial charge is 0.497 e. The molecule has 0 radical (unpaired) electrons. The van der Waals surface area contributed by atoms with Crippen LogP contribution in [-0.2, 0) is 43.6 Å². The van der Waals surface area contributed by atoms with Crippen LogP contribution in [0.3, 0.4) is 0 Å². The molecule has 7 nitrogen and oxygen atoms in total. The zero-order valence-electron chi connectivity index (χ0n) is 27.1. The first-order valence-electron chi connectivity index (χ1n) is 15.5. The van der Waals surface area contributed by atoms with Crippen molar-refractivity contribution in [3.05, 3.63) is 120 Å². The van der Waals surface area contributed by atoms with E-state index in [0.29, 0.717) is 45.0 Å². The molecule has 0 saturated carbocycles. The van der Waals surface area contributed by atoms with Crippen molar-refractivity contribution in [2.75, 3.05) is 20.8 Å². The first-order chi connectivity index (χ1) is 21.8. The normalized spacial score (nSPS) is 16.6. The van der Waals surface area contributed by atoms with Gasteiger partial charge in [0.05, 0.1) is 52.9 Å². The fourth-order valence-corrected chi connectivity index (χ4v) is 5.03. The van der Waals surface area contributed by atoms with Crippen LogP contribution in [0.15, 0.2) is 103 Å². The van der Waals surface area contributed by atoms with Crippen LogP contribution in [0.2, 0.25) is 0 Å². The molecule has 3 atom stereocenters. The lowest BCUT2D eigenvalue weighted by molar-refractivity contribution is -0.123. The Morgan fingerprint density at radius 2 is 1.40 bits per heavy atom. The van der Waals surface area contributed by atoms with Crippen molar-refractivity contribution in [1.82, 2.24) is 0 Å². The molecule has 0 saturated heterocycles. The van der Waals surface area contributed by atoms with Gasteiger partial charge in [0.25, 0.3) is 0 Å². The van der Waals surface area contributed by atoms with Gasteiger partial charge in [0.15, 0.2) is 5.78 Å². The van der Waals surface area contributed by atoms with Gasteiger partial charge in [-0.15, -0.1) is 0 Å². The molecule has 3 aromatic carbocycles. The summed E-state index contributed by atoms with van der Waals surface area (Å²) in [6.07, 6.45) is 5.59. The molecule has 1 unspecified atom stereocenters. The van der Waals surface area contributed by atoms with Gasteiger partial charge in [-0.25, -0.2) is 0 Å². The predicted octanol–water partition coefficient (Wildman–Crippen LogP) is 7.63. The van der Waals surface area contributed by atoms with E-state index in [0.717, 1.165) is 28.2 Å². The maximum atomic E-state index is 12.9. The second kappa shape index (κ2) is 17.0. The van der Waals surface area contributed by atoms with Crippen molar-refractivity contribution in [3.63, 3.8) is 0 Å². The Morgan fingerprint density at radius 1 is 0.822 bits per heavy atom. The van der Waals surface area contributed by atoms with Crippen molar-refractivity contribution in [2.24, 2.45) is 5.41 Å². The van der Waals surface area contributed by atoms with Gasteiger partial charge in [-0.1, -0.05) is 66.7 Å². The Balaban J connectivity index is 1.36. The van der Waals surface area contributed by atoms with E-state index >= 15 is 0 Å². The van der Waals surface area contributed by atoms with Gasteiger partial charge in [-0.3, -0.25) is 4.79 Å². The lowest BCUT2D eigenvalue weighted by Gasteiger charge is -2.34.